The van der Waals surface area contributed by atoms with E-state index in [1.165, 1.54) is 37.7 Å². The van der Waals surface area contributed by atoms with Gasteiger partial charge in [-0.25, -0.2) is 0 Å². The Morgan fingerprint density at radius 2 is 1.53 bits per heavy atom. The van der Waals surface area contributed by atoms with Crippen LogP contribution in [0, 0.1) is 57.7 Å². The van der Waals surface area contributed by atoms with Crippen LogP contribution in [-0.4, -0.2) is 33.6 Å². The number of fused-ring (bicyclic) bond motifs is 5. The first-order valence-electron chi connectivity index (χ1n) is 14.4. The van der Waals surface area contributed by atoms with E-state index in [-0.39, 0.29) is 22.9 Å². The second-order valence-corrected chi connectivity index (χ2v) is 14.6. The lowest BCUT2D eigenvalue weighted by molar-refractivity contribution is -0.195. The van der Waals surface area contributed by atoms with Gasteiger partial charge in [0.2, 0.25) is 0 Å². The minimum Gasteiger partial charge on any atom is -0.393 e. The van der Waals surface area contributed by atoms with E-state index >= 15 is 0 Å². The third kappa shape index (κ3) is 4.14. The van der Waals surface area contributed by atoms with E-state index in [0.717, 1.165) is 12.3 Å². The van der Waals surface area contributed by atoms with Crippen LogP contribution in [0.1, 0.15) is 107 Å². The van der Waals surface area contributed by atoms with Crippen molar-refractivity contribution in [3.8, 4) is 0 Å². The Morgan fingerprint density at radius 1 is 0.882 bits per heavy atom. The van der Waals surface area contributed by atoms with Gasteiger partial charge in [-0.05, 0) is 116 Å². The average molecular weight is 475 g/mol. The molecule has 0 aliphatic heterocycles. The molecular formula is C31H54O3. The van der Waals surface area contributed by atoms with Crippen molar-refractivity contribution in [3.05, 3.63) is 11.6 Å². The van der Waals surface area contributed by atoms with Gasteiger partial charge < -0.3 is 15.3 Å². The number of aliphatic hydroxyl groups excluding tert-OH is 3. The number of hydrogen-bond acceptors (Lipinski definition) is 3. The van der Waals surface area contributed by atoms with Gasteiger partial charge in [0.25, 0.3) is 0 Å². The predicted octanol–water partition coefficient (Wildman–Crippen LogP) is 6.60. The zero-order valence-electron chi connectivity index (χ0n) is 23.3. The Bertz CT molecular complexity index is 771. The fraction of sp³-hybridized carbons (Fsp3) is 0.935. The maximum Gasteiger partial charge on any atom is 0.0804 e. The fourth-order valence-corrected chi connectivity index (χ4v) is 9.55. The Labute approximate surface area is 209 Å². The Kier molecular flexibility index (Phi) is 7.20. The van der Waals surface area contributed by atoms with Crippen molar-refractivity contribution < 1.29 is 15.3 Å². The van der Waals surface area contributed by atoms with Crippen LogP contribution < -0.4 is 0 Å². The highest BCUT2D eigenvalue weighted by Crippen LogP contribution is 2.68. The smallest absolute Gasteiger partial charge is 0.0804 e. The second kappa shape index (κ2) is 9.18. The first-order chi connectivity index (χ1) is 15.7. The van der Waals surface area contributed by atoms with Gasteiger partial charge in [0.05, 0.1) is 18.3 Å². The van der Waals surface area contributed by atoms with Gasteiger partial charge in [-0.3, -0.25) is 0 Å². The topological polar surface area (TPSA) is 60.7 Å². The molecule has 0 aromatic rings. The van der Waals surface area contributed by atoms with Crippen molar-refractivity contribution >= 4 is 0 Å². The molecule has 0 unspecified atom stereocenters. The quantitative estimate of drug-likeness (QED) is 0.393. The second-order valence-electron chi connectivity index (χ2n) is 14.6. The molecule has 3 nitrogen and oxygen atoms in total. The Balaban J connectivity index is 1.51. The van der Waals surface area contributed by atoms with E-state index in [1.54, 1.807) is 0 Å². The molecule has 3 heteroatoms. The Morgan fingerprint density at radius 3 is 2.18 bits per heavy atom. The van der Waals surface area contributed by atoms with E-state index in [2.05, 4.69) is 61.5 Å². The van der Waals surface area contributed by atoms with E-state index in [1.807, 2.05) is 0 Å². The number of allylic oxidation sites excluding steroid dienone is 2. The lowest BCUT2D eigenvalue weighted by atomic mass is 9.43. The largest absolute Gasteiger partial charge is 0.393 e. The van der Waals surface area contributed by atoms with Gasteiger partial charge >= 0.3 is 0 Å². The highest BCUT2D eigenvalue weighted by molar-refractivity contribution is 5.14. The predicted molar refractivity (Wildman–Crippen MR) is 140 cm³/mol. The number of rotatable bonds is 5. The van der Waals surface area contributed by atoms with Gasteiger partial charge in [-0.2, -0.15) is 0 Å². The summed E-state index contributed by atoms with van der Waals surface area (Å²) in [6.45, 7) is 19.1. The highest BCUT2D eigenvalue weighted by atomic mass is 16.3. The third-order valence-corrected chi connectivity index (χ3v) is 12.7. The van der Waals surface area contributed by atoms with Crippen LogP contribution in [-0.2, 0) is 0 Å². The molecule has 4 rings (SSSR count). The molecule has 3 N–H and O–H groups in total. The average Bonchev–Trinajstić information content (AvgIpc) is 3.11. The first kappa shape index (κ1) is 26.7. The van der Waals surface area contributed by atoms with Gasteiger partial charge in [0.1, 0.15) is 0 Å². The van der Waals surface area contributed by atoms with Crippen molar-refractivity contribution in [3.63, 3.8) is 0 Å². The normalized spacial score (nSPS) is 48.3. The van der Waals surface area contributed by atoms with Crippen molar-refractivity contribution in [1.29, 1.82) is 0 Å². The van der Waals surface area contributed by atoms with Crippen molar-refractivity contribution in [2.45, 2.75) is 125 Å². The summed E-state index contributed by atoms with van der Waals surface area (Å²) < 4.78 is 0. The van der Waals surface area contributed by atoms with Gasteiger partial charge in [-0.1, -0.05) is 60.1 Å². The first-order valence-corrected chi connectivity index (χ1v) is 14.4. The van der Waals surface area contributed by atoms with Crippen LogP contribution in [0.4, 0.5) is 0 Å². The van der Waals surface area contributed by atoms with Crippen LogP contribution in [0.25, 0.3) is 0 Å². The molecule has 0 saturated heterocycles. The van der Waals surface area contributed by atoms with E-state index in [4.69, 9.17) is 0 Å². The van der Waals surface area contributed by atoms with Crippen molar-refractivity contribution in [2.75, 3.05) is 0 Å². The molecule has 4 fully saturated rings. The summed E-state index contributed by atoms with van der Waals surface area (Å²) in [5, 5.41) is 32.2. The summed E-state index contributed by atoms with van der Waals surface area (Å²) in [5.41, 5.74) is 2.10. The summed E-state index contributed by atoms with van der Waals surface area (Å²) >= 11 is 0. The molecule has 4 aliphatic carbocycles. The monoisotopic (exact) mass is 474 g/mol. The van der Waals surface area contributed by atoms with Crippen LogP contribution in [0.15, 0.2) is 11.6 Å². The van der Waals surface area contributed by atoms with E-state index in [9.17, 15) is 15.3 Å². The maximum atomic E-state index is 11.3. The molecule has 0 aromatic carbocycles. The fourth-order valence-electron chi connectivity index (χ4n) is 9.55. The molecule has 11 atom stereocenters. The van der Waals surface area contributed by atoms with E-state index in [0.29, 0.717) is 47.8 Å². The zero-order chi connectivity index (χ0) is 25.2. The highest BCUT2D eigenvalue weighted by Gasteiger charge is 2.63. The molecule has 196 valence electrons. The van der Waals surface area contributed by atoms with Crippen molar-refractivity contribution in [2.24, 2.45) is 57.7 Å². The van der Waals surface area contributed by atoms with Crippen LogP contribution in [0.3, 0.4) is 0 Å². The number of aliphatic hydroxyl groups is 3. The standard InChI is InChI=1S/C31H54O3/c1-18(2)29(5,6)20(4)10-9-19(3)22-11-12-23-21-15-26(32)25-16-27(33)28(34)17-31(25,8)24(21)13-14-30(22,23)7/h10,18-19,21-28,32-34H,9,11-17H2,1-8H3/b20-10+/t19-,21+,22-,23+,24+,25-,26+,27+,28+,30-,31-/m1/s1. The molecule has 0 heterocycles. The molecule has 4 saturated carbocycles. The SMILES string of the molecule is C/C(=C\C[C@@H](C)[C@H]1CC[C@H]2[C@@H]3C[C@H](O)[C@H]4C[C@H](O)[C@@H](O)C[C@]4(C)[C@H]3CC[C@]12C)C(C)(C)C(C)C. The molecule has 0 bridgehead atoms. The van der Waals surface area contributed by atoms with Crippen molar-refractivity contribution in [1.82, 2.24) is 0 Å². The van der Waals surface area contributed by atoms with Crippen LogP contribution in [0.2, 0.25) is 0 Å². The maximum absolute atomic E-state index is 11.3. The lowest BCUT2D eigenvalue weighted by Crippen LogP contribution is -2.60. The minimum atomic E-state index is -0.674. The number of hydrogen-bond donors (Lipinski definition) is 3. The summed E-state index contributed by atoms with van der Waals surface area (Å²) in [7, 11) is 0. The minimum absolute atomic E-state index is 0.0473. The summed E-state index contributed by atoms with van der Waals surface area (Å²) in [4.78, 5) is 0. The van der Waals surface area contributed by atoms with Gasteiger partial charge in [0.15, 0.2) is 0 Å². The Hall–Kier alpha value is -0.380. The molecule has 0 radical (unpaired) electrons. The molecular weight excluding hydrogens is 420 g/mol. The molecule has 4 aliphatic rings. The van der Waals surface area contributed by atoms with Gasteiger partial charge in [0, 0.05) is 0 Å². The summed E-state index contributed by atoms with van der Waals surface area (Å²) in [6, 6.07) is 0. The molecule has 0 spiro atoms. The lowest BCUT2D eigenvalue weighted by Gasteiger charge is -2.62. The molecule has 0 amide bonds. The summed E-state index contributed by atoms with van der Waals surface area (Å²) in [6.07, 6.45) is 9.30. The summed E-state index contributed by atoms with van der Waals surface area (Å²) in [5.74, 6) is 4.04. The molecule has 0 aromatic heterocycles. The third-order valence-electron chi connectivity index (χ3n) is 12.7. The van der Waals surface area contributed by atoms with Crippen LogP contribution >= 0.6 is 0 Å². The molecule has 34 heavy (non-hydrogen) atoms. The van der Waals surface area contributed by atoms with E-state index < -0.39 is 12.2 Å². The van der Waals surface area contributed by atoms with Crippen LogP contribution in [0.5, 0.6) is 0 Å². The zero-order valence-corrected chi connectivity index (χ0v) is 23.3. The van der Waals surface area contributed by atoms with Gasteiger partial charge in [-0.15, -0.1) is 0 Å².